The van der Waals surface area contributed by atoms with E-state index in [-0.39, 0.29) is 23.5 Å². The van der Waals surface area contributed by atoms with E-state index < -0.39 is 11.4 Å². The van der Waals surface area contributed by atoms with Crippen molar-refractivity contribution in [1.82, 2.24) is 9.88 Å². The van der Waals surface area contributed by atoms with E-state index in [1.165, 1.54) is 12.1 Å². The van der Waals surface area contributed by atoms with E-state index in [4.69, 9.17) is 4.74 Å². The fourth-order valence-electron chi connectivity index (χ4n) is 2.38. The summed E-state index contributed by atoms with van der Waals surface area (Å²) in [6, 6.07) is 2.63. The summed E-state index contributed by atoms with van der Waals surface area (Å²) in [5.74, 6) is -0.739. The van der Waals surface area contributed by atoms with Crippen LogP contribution in [0.4, 0.5) is 9.18 Å². The first kappa shape index (κ1) is 16.4. The molecule has 1 aliphatic heterocycles. The normalized spacial score (nSPS) is 16.5. The molecule has 1 aliphatic rings. The lowest BCUT2D eigenvalue weighted by Crippen LogP contribution is -2.43. The van der Waals surface area contributed by atoms with Gasteiger partial charge in [0, 0.05) is 19.0 Å². The lowest BCUT2D eigenvalue weighted by atomic mass is 9.91. The molecule has 2 rings (SSSR count). The average molecular weight is 308 g/mol. The van der Waals surface area contributed by atoms with Crippen LogP contribution in [0.15, 0.2) is 18.3 Å². The van der Waals surface area contributed by atoms with Gasteiger partial charge in [0.15, 0.2) is 5.78 Å². The molecule has 22 heavy (non-hydrogen) atoms. The molecule has 1 aromatic rings. The van der Waals surface area contributed by atoms with E-state index >= 15 is 0 Å². The largest absolute Gasteiger partial charge is 0.444 e. The van der Waals surface area contributed by atoms with Crippen molar-refractivity contribution >= 4 is 11.9 Å². The zero-order valence-corrected chi connectivity index (χ0v) is 13.1. The van der Waals surface area contributed by atoms with Crippen LogP contribution < -0.4 is 0 Å². The lowest BCUT2D eigenvalue weighted by Gasteiger charge is -2.32. The molecule has 0 unspecified atom stereocenters. The maximum atomic E-state index is 12.8. The topological polar surface area (TPSA) is 59.5 Å². The molecule has 1 fully saturated rings. The van der Waals surface area contributed by atoms with Crippen LogP contribution in [-0.4, -0.2) is 40.5 Å². The molecule has 0 N–H and O–H groups in total. The van der Waals surface area contributed by atoms with Crippen molar-refractivity contribution in [3.63, 3.8) is 0 Å². The molecule has 0 bridgehead atoms. The van der Waals surface area contributed by atoms with Crippen LogP contribution >= 0.6 is 0 Å². The van der Waals surface area contributed by atoms with Crippen molar-refractivity contribution in [2.24, 2.45) is 5.92 Å². The predicted molar refractivity (Wildman–Crippen MR) is 79.1 cm³/mol. The molecule has 2 heterocycles. The fourth-order valence-corrected chi connectivity index (χ4v) is 2.38. The highest BCUT2D eigenvalue weighted by Crippen LogP contribution is 2.22. The Kier molecular flexibility index (Phi) is 4.78. The predicted octanol–water partition coefficient (Wildman–Crippen LogP) is 3.05. The van der Waals surface area contributed by atoms with E-state index in [2.05, 4.69) is 4.98 Å². The van der Waals surface area contributed by atoms with E-state index in [1.807, 2.05) is 20.8 Å². The summed E-state index contributed by atoms with van der Waals surface area (Å²) in [7, 11) is 0. The lowest BCUT2D eigenvalue weighted by molar-refractivity contribution is 0.0182. The van der Waals surface area contributed by atoms with E-state index in [9.17, 15) is 14.0 Å². The monoisotopic (exact) mass is 308 g/mol. The number of piperidine rings is 1. The van der Waals surface area contributed by atoms with Gasteiger partial charge in [-0.1, -0.05) is 0 Å². The van der Waals surface area contributed by atoms with Crippen molar-refractivity contribution in [1.29, 1.82) is 0 Å². The number of Topliss-reactive ketones (excluding diaryl/α,β-unsaturated/α-hetero) is 1. The van der Waals surface area contributed by atoms with Crippen molar-refractivity contribution in [3.8, 4) is 0 Å². The number of likely N-dealkylation sites (tertiary alicyclic amines) is 1. The Morgan fingerprint density at radius 1 is 1.27 bits per heavy atom. The fraction of sp³-hybridized carbons (Fsp3) is 0.562. The first-order valence-corrected chi connectivity index (χ1v) is 7.40. The standard InChI is InChI=1S/C16H21FN2O3/c1-16(2,3)22-15(21)19-8-6-11(7-9-19)14(20)13-5-4-12(17)10-18-13/h4-5,10-11H,6-9H2,1-3H3. The molecular weight excluding hydrogens is 287 g/mol. The minimum atomic E-state index is -0.526. The van der Waals surface area contributed by atoms with Crippen LogP contribution in [0.5, 0.6) is 0 Å². The summed E-state index contributed by atoms with van der Waals surface area (Å²) in [6.07, 6.45) is 1.83. The summed E-state index contributed by atoms with van der Waals surface area (Å²) >= 11 is 0. The third-order valence-corrected chi connectivity index (χ3v) is 3.50. The van der Waals surface area contributed by atoms with Gasteiger partial charge >= 0.3 is 6.09 Å². The summed E-state index contributed by atoms with van der Waals surface area (Å²) in [5, 5.41) is 0. The van der Waals surface area contributed by atoms with Crippen molar-refractivity contribution in [3.05, 3.63) is 29.8 Å². The van der Waals surface area contributed by atoms with Gasteiger partial charge in [0.25, 0.3) is 0 Å². The number of rotatable bonds is 2. The second kappa shape index (κ2) is 6.42. The van der Waals surface area contributed by atoms with Gasteiger partial charge in [0.05, 0.1) is 6.20 Å². The molecule has 5 nitrogen and oxygen atoms in total. The molecule has 0 aliphatic carbocycles. The average Bonchev–Trinajstić information content (AvgIpc) is 2.46. The molecule has 0 radical (unpaired) electrons. The molecule has 0 saturated carbocycles. The molecule has 1 aromatic heterocycles. The van der Waals surface area contributed by atoms with Crippen LogP contribution in [0.1, 0.15) is 44.1 Å². The zero-order chi connectivity index (χ0) is 16.3. The van der Waals surface area contributed by atoms with Gasteiger partial charge in [-0.25, -0.2) is 9.18 Å². The van der Waals surface area contributed by atoms with Crippen molar-refractivity contribution < 1.29 is 18.7 Å². The van der Waals surface area contributed by atoms with Crippen LogP contribution in [0.3, 0.4) is 0 Å². The number of amides is 1. The van der Waals surface area contributed by atoms with Gasteiger partial charge in [0.1, 0.15) is 17.1 Å². The number of ether oxygens (including phenoxy) is 1. The molecule has 1 saturated heterocycles. The number of ketones is 1. The third-order valence-electron chi connectivity index (χ3n) is 3.50. The van der Waals surface area contributed by atoms with E-state index in [0.29, 0.717) is 25.9 Å². The summed E-state index contributed by atoms with van der Waals surface area (Å²) in [5.41, 5.74) is -0.251. The van der Waals surface area contributed by atoms with E-state index in [1.54, 1.807) is 4.90 Å². The Bertz CT molecular complexity index is 544. The quantitative estimate of drug-likeness (QED) is 0.788. The molecule has 0 atom stereocenters. The SMILES string of the molecule is CC(C)(C)OC(=O)N1CCC(C(=O)c2ccc(F)cn2)CC1. The maximum Gasteiger partial charge on any atom is 0.410 e. The summed E-state index contributed by atoms with van der Waals surface area (Å²) in [6.45, 7) is 6.42. The molecular formula is C16H21FN2O3. The Morgan fingerprint density at radius 2 is 1.91 bits per heavy atom. The van der Waals surface area contributed by atoms with Gasteiger partial charge in [-0.3, -0.25) is 9.78 Å². The number of hydrogen-bond donors (Lipinski definition) is 0. The minimum Gasteiger partial charge on any atom is -0.444 e. The van der Waals surface area contributed by atoms with Gasteiger partial charge in [-0.2, -0.15) is 0 Å². The summed E-state index contributed by atoms with van der Waals surface area (Å²) < 4.78 is 18.2. The number of aromatic nitrogens is 1. The third kappa shape index (κ3) is 4.26. The Morgan fingerprint density at radius 3 is 2.41 bits per heavy atom. The maximum absolute atomic E-state index is 12.8. The Labute approximate surface area is 129 Å². The van der Waals surface area contributed by atoms with Crippen LogP contribution in [0, 0.1) is 11.7 Å². The zero-order valence-electron chi connectivity index (χ0n) is 13.1. The molecule has 1 amide bonds. The number of hydrogen-bond acceptors (Lipinski definition) is 4. The van der Waals surface area contributed by atoms with Gasteiger partial charge in [0.2, 0.25) is 0 Å². The number of pyridine rings is 1. The minimum absolute atomic E-state index is 0.0937. The highest BCUT2D eigenvalue weighted by molar-refractivity contribution is 5.96. The van der Waals surface area contributed by atoms with Crippen LogP contribution in [-0.2, 0) is 4.74 Å². The number of carbonyl (C=O) groups is 2. The van der Waals surface area contributed by atoms with Crippen LogP contribution in [0.2, 0.25) is 0 Å². The van der Waals surface area contributed by atoms with Crippen molar-refractivity contribution in [2.45, 2.75) is 39.2 Å². The highest BCUT2D eigenvalue weighted by atomic mass is 19.1. The van der Waals surface area contributed by atoms with Gasteiger partial charge < -0.3 is 9.64 Å². The number of carbonyl (C=O) groups excluding carboxylic acids is 2. The Balaban J connectivity index is 1.90. The Hall–Kier alpha value is -1.98. The highest BCUT2D eigenvalue weighted by Gasteiger charge is 2.30. The second-order valence-electron chi connectivity index (χ2n) is 6.47. The molecule has 120 valence electrons. The van der Waals surface area contributed by atoms with E-state index in [0.717, 1.165) is 6.20 Å². The van der Waals surface area contributed by atoms with Gasteiger partial charge in [-0.15, -0.1) is 0 Å². The molecule has 6 heteroatoms. The van der Waals surface area contributed by atoms with Gasteiger partial charge in [-0.05, 0) is 45.7 Å². The molecule has 0 spiro atoms. The summed E-state index contributed by atoms with van der Waals surface area (Å²) in [4.78, 5) is 29.7. The smallest absolute Gasteiger partial charge is 0.410 e. The first-order valence-electron chi connectivity index (χ1n) is 7.40. The first-order chi connectivity index (χ1) is 10.3. The number of nitrogens with zero attached hydrogens (tertiary/aromatic N) is 2. The second-order valence-corrected chi connectivity index (χ2v) is 6.47. The number of halogens is 1. The van der Waals surface area contributed by atoms with Crippen molar-refractivity contribution in [2.75, 3.05) is 13.1 Å². The molecule has 0 aromatic carbocycles. The van der Waals surface area contributed by atoms with Crippen LogP contribution in [0.25, 0.3) is 0 Å².